The van der Waals surface area contributed by atoms with Crippen LogP contribution in [0.25, 0.3) is 5.69 Å². The monoisotopic (exact) mass is 354 g/mol. The summed E-state index contributed by atoms with van der Waals surface area (Å²) in [5, 5.41) is 9.23. The summed E-state index contributed by atoms with van der Waals surface area (Å²) >= 11 is 0. The highest BCUT2D eigenvalue weighted by molar-refractivity contribution is 5.89. The summed E-state index contributed by atoms with van der Waals surface area (Å²) in [5.74, 6) is -1.21. The standard InChI is InChI=1S/C21H26N2O3/c1-13-17-18(21(4,19(22)26)12-20(17,2)3)15(10-11-16(24)25)23(13)14-8-6-5-7-9-14/h5-9H,10-12H2,1-4H3,(H2,22,26)(H,24,25). The van der Waals surface area contributed by atoms with Gasteiger partial charge in [0.2, 0.25) is 5.91 Å². The Morgan fingerprint density at radius 3 is 2.31 bits per heavy atom. The highest BCUT2D eigenvalue weighted by atomic mass is 16.4. The normalized spacial score (nSPS) is 20.8. The number of primary amides is 1. The molecule has 0 saturated heterocycles. The molecule has 0 aliphatic heterocycles. The Hall–Kier alpha value is -2.56. The van der Waals surface area contributed by atoms with Crippen LogP contribution in [0.15, 0.2) is 30.3 Å². The summed E-state index contributed by atoms with van der Waals surface area (Å²) in [5.41, 5.74) is 9.80. The van der Waals surface area contributed by atoms with Crippen LogP contribution in [-0.2, 0) is 26.8 Å². The van der Waals surface area contributed by atoms with Crippen LogP contribution < -0.4 is 5.73 Å². The van der Waals surface area contributed by atoms with Gasteiger partial charge in [0.25, 0.3) is 0 Å². The van der Waals surface area contributed by atoms with Crippen LogP contribution >= 0.6 is 0 Å². The first kappa shape index (κ1) is 18.2. The Labute approximate surface area is 153 Å². The van der Waals surface area contributed by atoms with E-state index in [0.717, 1.165) is 28.2 Å². The number of carbonyl (C=O) groups is 2. The summed E-state index contributed by atoms with van der Waals surface area (Å²) < 4.78 is 2.11. The summed E-state index contributed by atoms with van der Waals surface area (Å²) in [6.07, 6.45) is 1.01. The van der Waals surface area contributed by atoms with Crippen LogP contribution in [0, 0.1) is 6.92 Å². The highest BCUT2D eigenvalue weighted by Gasteiger charge is 2.52. The Bertz CT molecular complexity index is 880. The number of aliphatic carboxylic acids is 1. The molecule has 138 valence electrons. The summed E-state index contributed by atoms with van der Waals surface area (Å²) in [4.78, 5) is 23.7. The molecule has 2 aromatic rings. The molecule has 1 aliphatic carbocycles. The van der Waals surface area contributed by atoms with Crippen molar-refractivity contribution >= 4 is 11.9 Å². The minimum atomic E-state index is -0.852. The van der Waals surface area contributed by atoms with E-state index in [9.17, 15) is 14.7 Å². The van der Waals surface area contributed by atoms with Gasteiger partial charge in [-0.05, 0) is 55.4 Å². The number of fused-ring (bicyclic) bond motifs is 1. The number of nitrogens with two attached hydrogens (primary N) is 1. The Morgan fingerprint density at radius 1 is 1.15 bits per heavy atom. The Balaban J connectivity index is 2.34. The predicted octanol–water partition coefficient (Wildman–Crippen LogP) is 3.23. The Kier molecular flexibility index (Phi) is 4.21. The van der Waals surface area contributed by atoms with Gasteiger partial charge in [-0.25, -0.2) is 0 Å². The number of rotatable bonds is 5. The van der Waals surface area contributed by atoms with Gasteiger partial charge in [-0.1, -0.05) is 32.0 Å². The fourth-order valence-electron chi connectivity index (χ4n) is 4.83. The van der Waals surface area contributed by atoms with Crippen molar-refractivity contribution in [1.82, 2.24) is 4.57 Å². The van der Waals surface area contributed by atoms with Crippen molar-refractivity contribution in [2.45, 2.75) is 57.8 Å². The quantitative estimate of drug-likeness (QED) is 0.864. The van der Waals surface area contributed by atoms with E-state index in [0.29, 0.717) is 12.8 Å². The minimum absolute atomic E-state index is 0.0119. The molecule has 1 amide bonds. The molecule has 0 radical (unpaired) electrons. The molecule has 1 atom stereocenters. The zero-order valence-electron chi connectivity index (χ0n) is 15.8. The molecule has 3 N–H and O–H groups in total. The number of amides is 1. The topological polar surface area (TPSA) is 85.3 Å². The molecule has 3 rings (SSSR count). The third kappa shape index (κ3) is 2.62. The van der Waals surface area contributed by atoms with Crippen LogP contribution in [0.4, 0.5) is 0 Å². The minimum Gasteiger partial charge on any atom is -0.481 e. The van der Waals surface area contributed by atoms with Gasteiger partial charge in [-0.2, -0.15) is 0 Å². The van der Waals surface area contributed by atoms with Crippen LogP contribution in [0.1, 0.15) is 56.1 Å². The van der Waals surface area contributed by atoms with Gasteiger partial charge in [0.05, 0.1) is 11.8 Å². The number of para-hydroxylation sites is 1. The van der Waals surface area contributed by atoms with Crippen LogP contribution in [0.3, 0.4) is 0 Å². The zero-order chi connectivity index (χ0) is 19.3. The van der Waals surface area contributed by atoms with Crippen LogP contribution in [0.5, 0.6) is 0 Å². The molecule has 5 heteroatoms. The maximum atomic E-state index is 12.4. The number of carboxylic acid groups (broad SMARTS) is 1. The second-order valence-electron chi connectivity index (χ2n) is 8.10. The van der Waals surface area contributed by atoms with Crippen molar-refractivity contribution in [1.29, 1.82) is 0 Å². The van der Waals surface area contributed by atoms with Crippen molar-refractivity contribution in [2.24, 2.45) is 5.73 Å². The van der Waals surface area contributed by atoms with E-state index in [-0.39, 0.29) is 17.7 Å². The van der Waals surface area contributed by atoms with E-state index in [1.165, 1.54) is 0 Å². The van der Waals surface area contributed by atoms with Crippen LogP contribution in [0.2, 0.25) is 0 Å². The van der Waals surface area contributed by atoms with Gasteiger partial charge in [-0.15, -0.1) is 0 Å². The first-order chi connectivity index (χ1) is 12.1. The summed E-state index contributed by atoms with van der Waals surface area (Å²) in [6.45, 7) is 8.19. The fourth-order valence-corrected chi connectivity index (χ4v) is 4.83. The lowest BCUT2D eigenvalue weighted by atomic mass is 9.78. The number of hydrogen-bond acceptors (Lipinski definition) is 2. The molecule has 1 aromatic heterocycles. The molecule has 0 spiro atoms. The second-order valence-corrected chi connectivity index (χ2v) is 8.10. The predicted molar refractivity (Wildman–Crippen MR) is 101 cm³/mol. The molecule has 0 bridgehead atoms. The SMILES string of the molecule is Cc1c2c(c(CCC(=O)O)n1-c1ccccc1)C(C)(C(N)=O)CC2(C)C. The third-order valence-electron chi connectivity index (χ3n) is 5.66. The van der Waals surface area contributed by atoms with E-state index >= 15 is 0 Å². The molecule has 1 heterocycles. The first-order valence-corrected chi connectivity index (χ1v) is 8.92. The van der Waals surface area contributed by atoms with Crippen molar-refractivity contribution in [3.05, 3.63) is 52.8 Å². The molecular formula is C21H26N2O3. The summed E-state index contributed by atoms with van der Waals surface area (Å²) in [6, 6.07) is 9.87. The number of carbonyl (C=O) groups excluding carboxylic acids is 1. The number of hydrogen-bond donors (Lipinski definition) is 2. The Morgan fingerprint density at radius 2 is 1.77 bits per heavy atom. The van der Waals surface area contributed by atoms with E-state index in [2.05, 4.69) is 18.4 Å². The van der Waals surface area contributed by atoms with Gasteiger partial charge in [0, 0.05) is 17.1 Å². The van der Waals surface area contributed by atoms with E-state index in [4.69, 9.17) is 5.73 Å². The molecule has 1 unspecified atom stereocenters. The maximum Gasteiger partial charge on any atom is 0.303 e. The van der Waals surface area contributed by atoms with Crippen molar-refractivity contribution in [3.63, 3.8) is 0 Å². The second kappa shape index (κ2) is 6.01. The van der Waals surface area contributed by atoms with Gasteiger partial charge in [-0.3, -0.25) is 9.59 Å². The fraction of sp³-hybridized carbons (Fsp3) is 0.429. The van der Waals surface area contributed by atoms with Gasteiger partial charge >= 0.3 is 5.97 Å². The van der Waals surface area contributed by atoms with E-state index in [1.54, 1.807) is 0 Å². The lowest BCUT2D eigenvalue weighted by Gasteiger charge is -2.27. The number of benzene rings is 1. The van der Waals surface area contributed by atoms with Gasteiger partial charge < -0.3 is 15.4 Å². The van der Waals surface area contributed by atoms with Crippen molar-refractivity contribution in [2.75, 3.05) is 0 Å². The zero-order valence-corrected chi connectivity index (χ0v) is 15.8. The largest absolute Gasteiger partial charge is 0.481 e. The molecule has 5 nitrogen and oxygen atoms in total. The third-order valence-corrected chi connectivity index (χ3v) is 5.66. The van der Waals surface area contributed by atoms with E-state index in [1.807, 2.05) is 44.2 Å². The maximum absolute atomic E-state index is 12.4. The molecule has 26 heavy (non-hydrogen) atoms. The molecule has 1 aromatic carbocycles. The van der Waals surface area contributed by atoms with Gasteiger partial charge in [0.15, 0.2) is 0 Å². The first-order valence-electron chi connectivity index (χ1n) is 8.92. The van der Waals surface area contributed by atoms with Gasteiger partial charge in [0.1, 0.15) is 0 Å². The lowest BCUT2D eigenvalue weighted by molar-refractivity contribution is -0.137. The highest BCUT2D eigenvalue weighted by Crippen LogP contribution is 2.53. The number of carboxylic acids is 1. The van der Waals surface area contributed by atoms with Crippen molar-refractivity contribution < 1.29 is 14.7 Å². The van der Waals surface area contributed by atoms with Crippen LogP contribution in [-0.4, -0.2) is 21.6 Å². The molecule has 1 aliphatic rings. The lowest BCUT2D eigenvalue weighted by Crippen LogP contribution is -2.38. The average Bonchev–Trinajstić information content (AvgIpc) is 2.98. The molecular weight excluding hydrogens is 328 g/mol. The smallest absolute Gasteiger partial charge is 0.303 e. The molecule has 0 fully saturated rings. The average molecular weight is 354 g/mol. The van der Waals surface area contributed by atoms with Crippen molar-refractivity contribution in [3.8, 4) is 5.69 Å². The number of aromatic nitrogens is 1. The molecule has 0 saturated carbocycles. The van der Waals surface area contributed by atoms with E-state index < -0.39 is 11.4 Å². The summed E-state index contributed by atoms with van der Waals surface area (Å²) in [7, 11) is 0. The number of nitrogens with zero attached hydrogens (tertiary/aromatic N) is 1.